The number of benzene rings is 2. The van der Waals surface area contributed by atoms with Gasteiger partial charge in [0.2, 0.25) is 5.78 Å². The zero-order valence-electron chi connectivity index (χ0n) is 15.1. The van der Waals surface area contributed by atoms with Crippen molar-refractivity contribution in [3.63, 3.8) is 0 Å². The number of methoxy groups -OCH3 is 1. The second kappa shape index (κ2) is 8.19. The number of hydrogen-bond donors (Lipinski definition) is 0. The van der Waals surface area contributed by atoms with E-state index in [-0.39, 0.29) is 16.8 Å². The monoisotopic (exact) mass is 398 g/mol. The second-order valence-corrected chi connectivity index (χ2v) is 6.39. The fourth-order valence-corrected chi connectivity index (χ4v) is 2.77. The van der Waals surface area contributed by atoms with Crippen LogP contribution in [0, 0.1) is 5.82 Å². The van der Waals surface area contributed by atoms with Gasteiger partial charge >= 0.3 is 5.97 Å². The fourth-order valence-electron chi connectivity index (χ4n) is 2.65. The molecule has 3 aromatic rings. The third-order valence-corrected chi connectivity index (χ3v) is 4.46. The molecule has 0 N–H and O–H groups in total. The van der Waals surface area contributed by atoms with Crippen molar-refractivity contribution in [2.24, 2.45) is 0 Å². The van der Waals surface area contributed by atoms with E-state index in [4.69, 9.17) is 11.6 Å². The largest absolute Gasteiger partial charge is 0.465 e. The Kier molecular flexibility index (Phi) is 5.70. The van der Waals surface area contributed by atoms with Gasteiger partial charge < -0.3 is 9.64 Å². The lowest BCUT2D eigenvalue weighted by molar-refractivity contribution is 0.0595. The fraction of sp³-hybridized carbons (Fsp3) is 0.0952. The molecule has 0 unspecified atom stereocenters. The minimum absolute atomic E-state index is 0.139. The van der Waals surface area contributed by atoms with E-state index in [1.165, 1.54) is 18.3 Å². The Morgan fingerprint density at radius 1 is 1.04 bits per heavy atom. The summed E-state index contributed by atoms with van der Waals surface area (Å²) in [6.45, 7) is 0. The summed E-state index contributed by atoms with van der Waals surface area (Å²) in [7, 11) is 2.99. The van der Waals surface area contributed by atoms with E-state index in [0.29, 0.717) is 5.02 Å². The molecular formula is C21H16ClFN2O3. The normalized spacial score (nSPS) is 10.4. The van der Waals surface area contributed by atoms with Crippen molar-refractivity contribution in [1.82, 2.24) is 4.98 Å². The number of carbonyl (C=O) groups is 2. The first kappa shape index (κ1) is 19.5. The highest BCUT2D eigenvalue weighted by atomic mass is 35.5. The molecule has 0 fully saturated rings. The van der Waals surface area contributed by atoms with Gasteiger partial charge in [0.15, 0.2) is 0 Å². The van der Waals surface area contributed by atoms with Gasteiger partial charge in [-0.15, -0.1) is 0 Å². The van der Waals surface area contributed by atoms with Crippen LogP contribution < -0.4 is 4.90 Å². The molecule has 28 heavy (non-hydrogen) atoms. The maximum absolute atomic E-state index is 13.8. The van der Waals surface area contributed by atoms with Crippen molar-refractivity contribution in [2.75, 3.05) is 19.1 Å². The Hall–Kier alpha value is -3.25. The number of nitrogens with zero attached hydrogens (tertiary/aromatic N) is 2. The molecule has 0 aliphatic heterocycles. The number of ether oxygens (including phenoxy) is 1. The minimum Gasteiger partial charge on any atom is -0.465 e. The lowest BCUT2D eigenvalue weighted by Gasteiger charge is -2.20. The van der Waals surface area contributed by atoms with Crippen LogP contribution in [0.3, 0.4) is 0 Å². The van der Waals surface area contributed by atoms with E-state index in [0.717, 1.165) is 24.6 Å². The second-order valence-electron chi connectivity index (χ2n) is 5.95. The van der Waals surface area contributed by atoms with Gasteiger partial charge in [-0.1, -0.05) is 11.6 Å². The van der Waals surface area contributed by atoms with Crippen LogP contribution in [0.1, 0.15) is 26.4 Å². The van der Waals surface area contributed by atoms with Crippen LogP contribution in [0.2, 0.25) is 5.02 Å². The standard InChI is InChI=1S/C21H16ClFN2O3/c1-25(15-6-4-14(22)5-7-15)16-9-10-24-19(12-16)20(26)13-3-8-18(23)17(11-13)21(27)28-2/h3-12H,1-2H3. The summed E-state index contributed by atoms with van der Waals surface area (Å²) < 4.78 is 18.4. The summed E-state index contributed by atoms with van der Waals surface area (Å²) in [5, 5.41) is 0.625. The summed E-state index contributed by atoms with van der Waals surface area (Å²) in [5.41, 5.74) is 1.61. The molecule has 0 saturated heterocycles. The molecule has 142 valence electrons. The number of carbonyl (C=O) groups excluding carboxylic acids is 2. The Labute approximate surface area is 166 Å². The lowest BCUT2D eigenvalue weighted by atomic mass is 10.0. The van der Waals surface area contributed by atoms with Gasteiger partial charge in [-0.05, 0) is 54.6 Å². The Bertz CT molecular complexity index is 1040. The van der Waals surface area contributed by atoms with Crippen LogP contribution in [0.15, 0.2) is 60.8 Å². The van der Waals surface area contributed by atoms with Crippen LogP contribution in [0.4, 0.5) is 15.8 Å². The summed E-state index contributed by atoms with van der Waals surface area (Å²) in [6, 6.07) is 14.2. The molecule has 2 aromatic carbocycles. The highest BCUT2D eigenvalue weighted by Gasteiger charge is 2.18. The number of hydrogen-bond acceptors (Lipinski definition) is 5. The van der Waals surface area contributed by atoms with Crippen LogP contribution in [-0.4, -0.2) is 30.9 Å². The molecule has 0 radical (unpaired) electrons. The van der Waals surface area contributed by atoms with Crippen molar-refractivity contribution >= 4 is 34.7 Å². The van der Waals surface area contributed by atoms with Crippen molar-refractivity contribution in [1.29, 1.82) is 0 Å². The maximum Gasteiger partial charge on any atom is 0.340 e. The van der Waals surface area contributed by atoms with Crippen molar-refractivity contribution in [2.45, 2.75) is 0 Å². The van der Waals surface area contributed by atoms with E-state index in [9.17, 15) is 14.0 Å². The number of aromatic nitrogens is 1. The highest BCUT2D eigenvalue weighted by molar-refractivity contribution is 6.30. The van der Waals surface area contributed by atoms with Crippen LogP contribution in [-0.2, 0) is 4.74 Å². The summed E-state index contributed by atoms with van der Waals surface area (Å²) in [5.74, 6) is -2.04. The van der Waals surface area contributed by atoms with Crippen LogP contribution in [0.5, 0.6) is 0 Å². The van der Waals surface area contributed by atoms with Crippen molar-refractivity contribution in [3.05, 3.63) is 88.5 Å². The van der Waals surface area contributed by atoms with E-state index in [1.807, 2.05) is 24.1 Å². The molecule has 0 spiro atoms. The van der Waals surface area contributed by atoms with E-state index in [2.05, 4.69) is 9.72 Å². The third kappa shape index (κ3) is 4.02. The first-order chi connectivity index (χ1) is 13.4. The van der Waals surface area contributed by atoms with Gasteiger partial charge in [-0.25, -0.2) is 9.18 Å². The molecule has 3 rings (SSSR count). The average molecular weight is 399 g/mol. The van der Waals surface area contributed by atoms with Crippen LogP contribution >= 0.6 is 11.6 Å². The molecule has 0 bridgehead atoms. The average Bonchev–Trinajstić information content (AvgIpc) is 2.73. The van der Waals surface area contributed by atoms with Crippen molar-refractivity contribution in [3.8, 4) is 0 Å². The van der Waals surface area contributed by atoms with Gasteiger partial charge in [-0.3, -0.25) is 9.78 Å². The number of rotatable bonds is 5. The zero-order valence-corrected chi connectivity index (χ0v) is 15.9. The van der Waals surface area contributed by atoms with Gasteiger partial charge in [0.25, 0.3) is 0 Å². The summed E-state index contributed by atoms with van der Waals surface area (Å²) in [6.07, 6.45) is 1.51. The van der Waals surface area contributed by atoms with E-state index < -0.39 is 17.6 Å². The molecular weight excluding hydrogens is 383 g/mol. The predicted octanol–water partition coefficient (Wildman–Crippen LogP) is 4.66. The topological polar surface area (TPSA) is 59.5 Å². The van der Waals surface area contributed by atoms with Crippen molar-refractivity contribution < 1.29 is 18.7 Å². The SMILES string of the molecule is COC(=O)c1cc(C(=O)c2cc(N(C)c3ccc(Cl)cc3)ccn2)ccc1F. The number of ketones is 1. The minimum atomic E-state index is -0.851. The van der Waals surface area contributed by atoms with E-state index >= 15 is 0 Å². The Morgan fingerprint density at radius 2 is 1.75 bits per heavy atom. The molecule has 0 saturated carbocycles. The smallest absolute Gasteiger partial charge is 0.340 e. The number of anilines is 2. The molecule has 1 aromatic heterocycles. The first-order valence-electron chi connectivity index (χ1n) is 8.28. The lowest BCUT2D eigenvalue weighted by Crippen LogP contribution is -2.12. The number of halogens is 2. The zero-order chi connectivity index (χ0) is 20.3. The Balaban J connectivity index is 1.92. The molecule has 5 nitrogen and oxygen atoms in total. The van der Waals surface area contributed by atoms with Gasteiger partial charge in [-0.2, -0.15) is 0 Å². The predicted molar refractivity (Wildman–Crippen MR) is 105 cm³/mol. The first-order valence-corrected chi connectivity index (χ1v) is 8.66. The van der Waals surface area contributed by atoms with Gasteiger partial charge in [0.05, 0.1) is 12.7 Å². The number of esters is 1. The van der Waals surface area contributed by atoms with Gasteiger partial charge in [0, 0.05) is 35.2 Å². The molecule has 0 atom stereocenters. The highest BCUT2D eigenvalue weighted by Crippen LogP contribution is 2.25. The molecule has 7 heteroatoms. The Morgan fingerprint density at radius 3 is 2.43 bits per heavy atom. The molecule has 0 aliphatic carbocycles. The van der Waals surface area contributed by atoms with Gasteiger partial charge in [0.1, 0.15) is 11.5 Å². The molecule has 1 heterocycles. The third-order valence-electron chi connectivity index (χ3n) is 4.21. The molecule has 0 aliphatic rings. The molecule has 0 amide bonds. The number of pyridine rings is 1. The maximum atomic E-state index is 13.8. The quantitative estimate of drug-likeness (QED) is 0.462. The summed E-state index contributed by atoms with van der Waals surface area (Å²) in [4.78, 5) is 30.5. The summed E-state index contributed by atoms with van der Waals surface area (Å²) >= 11 is 5.92. The van der Waals surface area contributed by atoms with E-state index in [1.54, 1.807) is 24.3 Å². The van der Waals surface area contributed by atoms with Crippen LogP contribution in [0.25, 0.3) is 0 Å².